The first-order chi connectivity index (χ1) is 60.1. The van der Waals surface area contributed by atoms with Gasteiger partial charge < -0.3 is 266 Å². The quantitative estimate of drug-likeness (QED) is 0.0253. The summed E-state index contributed by atoms with van der Waals surface area (Å²) in [5.41, 5.74) is 11.8. The molecule has 0 spiro atoms. The molecule has 0 radical (unpaired) electrons. The molecule has 0 aliphatic carbocycles. The Hall–Kier alpha value is -3.93. The predicted molar refractivity (Wildman–Crippen MR) is 386 cm³/mol. The molecule has 1 unspecified atom stereocenters. The number of hydrogen-bond donors (Lipinski definition) is 36. The van der Waals surface area contributed by atoms with E-state index in [-0.39, 0.29) is 0 Å². The molecule has 0 aromatic heterocycles. The molecule has 38 N–H and O–H groups in total. The predicted octanol–water partition coefficient (Wildman–Crippen LogP) is -22.8. The third-order valence-electron chi connectivity index (χ3n) is 22.7. The molecule has 0 aromatic carbocycles. The van der Waals surface area contributed by atoms with Gasteiger partial charge in [0.15, 0.2) is 37.7 Å². The molecule has 0 aromatic rings. The second kappa shape index (κ2) is 45.4. The normalized spacial score (nSPS) is 46.4. The number of nitrogens with two attached hydrogens (primary N) is 2. The smallest absolute Gasteiger partial charge is 0.472 e. The standard InChI is InChI=1S/C67H114N3O57P/c1-16(79)70-30-17(80)4-66(63(102)103,126-51(30)32(88)19(82)7-71)109-15-28-34(90)36(92)39(95)57(114-28)117-48-26(13-77)112-58(40(96)37(48)93)118-49-27(14-78)113-59(41(97)38(49)94)121-54-46(22(85)10-74)116-60(119-50-24(6-65(106,62(100)101)124-47(50)23(86)11-75)123-67(64(104)105)5-18(81)31(87)45(125-67)21(84)9-73)43(99)52(54)120-61-55(122-56-29(69)35(91)33(89)25(12-76)111-56)53(127-128(107,108)110-3-2-68)42(98)44(115-61)20(83)8-72/h17-61,71-78,80-99,106H,2-15,68-69H2,1H3,(H,70,79)(H,100,101)(H,102,103)(H,104,105)(H,107,108)/t17-,18+,19+,20-,21+,22-,23+,24+,25+,26+,27+,28+,29+,30+,31+,32+,33+,34-,35+,36-,37+,38+,39+,40+,41+,42+,43-,44+,45+,46+,47+,48-,49+,50+,51+,52+,53-,54+,55-,56+,57+,58-,59-,60+,61+,65+,66+,67+/m0/s1. The Bertz CT molecular complexity index is 3570. The molecule has 49 atom stereocenters. The van der Waals surface area contributed by atoms with Crippen molar-refractivity contribution >= 4 is 31.6 Å². The zero-order valence-electron chi connectivity index (χ0n) is 67.0. The number of nitrogens with one attached hydrogen (secondary N) is 1. The number of aliphatic hydroxyl groups is 29. The molecule has 1 amide bonds. The van der Waals surface area contributed by atoms with Crippen LogP contribution in [0.25, 0.3) is 0 Å². The van der Waals surface area contributed by atoms with E-state index in [0.717, 1.165) is 6.92 Å². The third kappa shape index (κ3) is 23.3. The number of hydrogen-bond acceptors (Lipinski definition) is 55. The fraction of sp³-hybridized carbons (Fsp3) is 0.940. The Labute approximate surface area is 720 Å². The third-order valence-corrected chi connectivity index (χ3v) is 23.7. The molecule has 61 heteroatoms. The summed E-state index contributed by atoms with van der Waals surface area (Å²) >= 11 is 0. The van der Waals surface area contributed by atoms with E-state index in [4.69, 9.17) is 101 Å². The minimum absolute atomic E-state index is 0.541. The summed E-state index contributed by atoms with van der Waals surface area (Å²) in [6, 6.07) is -3.74. The number of ether oxygens (including phenoxy) is 17. The highest BCUT2D eigenvalue weighted by Crippen LogP contribution is 2.50. The van der Waals surface area contributed by atoms with Gasteiger partial charge in [0.1, 0.15) is 208 Å². The van der Waals surface area contributed by atoms with Crippen molar-refractivity contribution < 1.29 is 282 Å². The molecular formula is C67H114N3O57P. The maximum Gasteiger partial charge on any atom is 0.472 e. The highest BCUT2D eigenvalue weighted by atomic mass is 31.2. The highest BCUT2D eigenvalue weighted by Gasteiger charge is 2.66. The number of phosphoric ester groups is 1. The van der Waals surface area contributed by atoms with Crippen LogP contribution in [0.3, 0.4) is 0 Å². The van der Waals surface area contributed by atoms with Gasteiger partial charge in [0.05, 0.1) is 96.5 Å². The van der Waals surface area contributed by atoms with E-state index in [9.17, 15) is 192 Å². The van der Waals surface area contributed by atoms with E-state index in [1.54, 1.807) is 0 Å². The summed E-state index contributed by atoms with van der Waals surface area (Å²) < 4.78 is 123. The second-order valence-electron chi connectivity index (χ2n) is 31.5. The molecule has 60 nitrogen and oxygen atoms in total. The van der Waals surface area contributed by atoms with Crippen molar-refractivity contribution in [3.8, 4) is 0 Å². The average molecular weight is 1900 g/mol. The lowest BCUT2D eigenvalue weighted by atomic mass is 9.88. The van der Waals surface area contributed by atoms with Crippen LogP contribution in [-0.2, 0) is 113 Å². The van der Waals surface area contributed by atoms with E-state index in [1.165, 1.54) is 0 Å². The summed E-state index contributed by atoms with van der Waals surface area (Å²) in [6.07, 6.45) is -110. The lowest BCUT2D eigenvalue weighted by Gasteiger charge is -2.53. The lowest BCUT2D eigenvalue weighted by molar-refractivity contribution is -0.419. The number of carboxylic acids is 3. The molecule has 9 saturated heterocycles. The number of phosphoric acid groups is 1. The van der Waals surface area contributed by atoms with Crippen molar-refractivity contribution in [3.63, 3.8) is 0 Å². The van der Waals surface area contributed by atoms with Crippen LogP contribution >= 0.6 is 7.82 Å². The number of rotatable bonds is 40. The topological polar surface area (TPSA) is 992 Å². The van der Waals surface area contributed by atoms with E-state index >= 15 is 0 Å². The van der Waals surface area contributed by atoms with Gasteiger partial charge in [0, 0.05) is 32.7 Å². The maximum atomic E-state index is 13.9. The van der Waals surface area contributed by atoms with Gasteiger partial charge >= 0.3 is 25.7 Å². The maximum absolute atomic E-state index is 13.9. The Kier molecular flexibility index (Phi) is 38.2. The molecule has 744 valence electrons. The van der Waals surface area contributed by atoms with Crippen LogP contribution in [-0.4, -0.2) is 558 Å². The zero-order chi connectivity index (χ0) is 95.3. The number of amides is 1. The molecule has 9 aliphatic rings. The number of aliphatic hydroxyl groups excluding tert-OH is 28. The Morgan fingerprint density at radius 2 is 0.891 bits per heavy atom. The number of carboxylic acid groups (broad SMARTS) is 3. The van der Waals surface area contributed by atoms with Gasteiger partial charge in [-0.05, 0) is 0 Å². The summed E-state index contributed by atoms with van der Waals surface area (Å²) in [6.45, 7) is -12.8. The van der Waals surface area contributed by atoms with Gasteiger partial charge in [-0.25, -0.2) is 18.9 Å². The first kappa shape index (κ1) is 108. The minimum atomic E-state index is -5.76. The van der Waals surface area contributed by atoms with Gasteiger partial charge in [-0.3, -0.25) is 13.8 Å². The van der Waals surface area contributed by atoms with Crippen LogP contribution in [0.4, 0.5) is 0 Å². The van der Waals surface area contributed by atoms with Gasteiger partial charge in [-0.2, -0.15) is 0 Å². The summed E-state index contributed by atoms with van der Waals surface area (Å²) in [4.78, 5) is 62.6. The van der Waals surface area contributed by atoms with Gasteiger partial charge in [-0.1, -0.05) is 0 Å². The van der Waals surface area contributed by atoms with Crippen molar-refractivity contribution in [1.29, 1.82) is 0 Å². The van der Waals surface area contributed by atoms with Crippen LogP contribution in [0, 0.1) is 0 Å². The Balaban J connectivity index is 1.07. The largest absolute Gasteiger partial charge is 0.477 e. The molecular weight excluding hydrogens is 1790 g/mol. The van der Waals surface area contributed by atoms with E-state index in [1.807, 2.05) is 0 Å². The molecule has 128 heavy (non-hydrogen) atoms. The number of carbonyl (C=O) groups excluding carboxylic acids is 1. The van der Waals surface area contributed by atoms with Crippen molar-refractivity contribution in [3.05, 3.63) is 0 Å². The van der Waals surface area contributed by atoms with Crippen LogP contribution in [0.5, 0.6) is 0 Å². The lowest BCUT2D eigenvalue weighted by Crippen LogP contribution is -2.71. The first-order valence-corrected chi connectivity index (χ1v) is 41.1. The minimum Gasteiger partial charge on any atom is -0.477 e. The number of carbonyl (C=O) groups is 4. The van der Waals surface area contributed by atoms with Gasteiger partial charge in [0.2, 0.25) is 5.91 Å². The Morgan fingerprint density at radius 1 is 0.438 bits per heavy atom. The number of aliphatic carboxylic acids is 3. The van der Waals surface area contributed by atoms with Crippen LogP contribution < -0.4 is 16.8 Å². The second-order valence-corrected chi connectivity index (χ2v) is 32.9. The highest BCUT2D eigenvalue weighted by molar-refractivity contribution is 7.47. The average Bonchev–Trinajstić information content (AvgIpc) is 0.743. The summed E-state index contributed by atoms with van der Waals surface area (Å²) in [5, 5.41) is 357. The van der Waals surface area contributed by atoms with Crippen molar-refractivity contribution in [2.24, 2.45) is 11.5 Å². The fourth-order valence-electron chi connectivity index (χ4n) is 15.8. The first-order valence-electron chi connectivity index (χ1n) is 39.6. The zero-order valence-corrected chi connectivity index (χ0v) is 67.9. The summed E-state index contributed by atoms with van der Waals surface area (Å²) in [5.74, 6) is -18.0. The van der Waals surface area contributed by atoms with Crippen molar-refractivity contribution in [1.82, 2.24) is 5.32 Å². The summed E-state index contributed by atoms with van der Waals surface area (Å²) in [7, 11) is -5.76. The molecule has 0 bridgehead atoms. The van der Waals surface area contributed by atoms with Crippen molar-refractivity contribution in [2.75, 3.05) is 72.6 Å². The van der Waals surface area contributed by atoms with Crippen LogP contribution in [0.2, 0.25) is 0 Å². The van der Waals surface area contributed by atoms with E-state index < -0.39 is 417 Å². The van der Waals surface area contributed by atoms with Crippen molar-refractivity contribution in [2.45, 2.75) is 319 Å². The van der Waals surface area contributed by atoms with Gasteiger partial charge in [-0.15, -0.1) is 0 Å². The molecule has 9 rings (SSSR count). The molecule has 9 fully saturated rings. The van der Waals surface area contributed by atoms with Gasteiger partial charge in [0.25, 0.3) is 17.4 Å². The molecule has 9 aliphatic heterocycles. The van der Waals surface area contributed by atoms with Crippen LogP contribution in [0.1, 0.15) is 26.2 Å². The Morgan fingerprint density at radius 3 is 1.41 bits per heavy atom. The SMILES string of the molecule is CC(=O)N[C@H]1[C@H]([C@H](O)[C@H](O)CO)O[C@@](OC[C@H]2O[C@H](O[C@@H]3[C@H](O)[C@@H](O)[C@H](O[C@H]4[C@H](O)[C@@H](O)[C@H](O[C@H]5[C@H](O[C@H]6O[C@H]([C@@H](O)CO)[C@@H](O)[C@H](OP(=O)(O)OCCN)[C@@H]6O[C@H]6O[C@H](CO)[C@@H](O)[C@H](O)[C@H]6N)[C@H](O)[C@@H](O[C@H]6[C@@H]([C@H](O)CO)O[C@@](O)(C(=O)O)C[C@H]6O[C@]6(C(=O)O)C[C@@H](O)[C@@H](O)[C@@H]([C@H](O)CO)O6)O[C@@H]5[C@@H](O)CO)O[C@@H]4CO)O[C@@H]3CO)[C@H](O)[C@@H](O)[C@H]2O)(C(=O)O)C[C@@H]1O. The molecule has 0 saturated carbocycles. The monoisotopic (exact) mass is 1900 g/mol. The van der Waals surface area contributed by atoms with E-state index in [0.29, 0.717) is 0 Å². The van der Waals surface area contributed by atoms with E-state index in [2.05, 4.69) is 5.32 Å². The fourth-order valence-corrected chi connectivity index (χ4v) is 16.7. The molecule has 9 heterocycles. The van der Waals surface area contributed by atoms with Crippen LogP contribution in [0.15, 0.2) is 0 Å².